The largest absolute Gasteiger partial charge is 0.392 e. The molecule has 1 aromatic carbocycles. The number of aliphatic hydroxyl groups excluding tert-OH is 1. The second kappa shape index (κ2) is 4.98. The van der Waals surface area contributed by atoms with Crippen LogP contribution in [0, 0.1) is 6.92 Å². The van der Waals surface area contributed by atoms with Gasteiger partial charge in [-0.15, -0.1) is 0 Å². The molecule has 1 aromatic rings. The Bertz CT molecular complexity index is 362. The van der Waals surface area contributed by atoms with E-state index in [0.717, 1.165) is 32.5 Å². The predicted molar refractivity (Wildman–Crippen MR) is 66.5 cm³/mol. The molecule has 0 saturated carbocycles. The molecule has 1 N–H and O–H groups in total. The van der Waals surface area contributed by atoms with E-state index in [0.29, 0.717) is 0 Å². The van der Waals surface area contributed by atoms with E-state index < -0.39 is 0 Å². The molecule has 16 heavy (non-hydrogen) atoms. The van der Waals surface area contributed by atoms with E-state index in [1.807, 2.05) is 6.92 Å². The minimum absolute atomic E-state index is 0.175. The smallest absolute Gasteiger partial charge is 0.0664 e. The van der Waals surface area contributed by atoms with Crippen LogP contribution < -0.4 is 0 Å². The summed E-state index contributed by atoms with van der Waals surface area (Å²) in [5, 5.41) is 9.69. The molecule has 0 amide bonds. The molecule has 1 aliphatic rings. The number of fused-ring (bicyclic) bond motifs is 1. The molecular formula is C14H21NO. The van der Waals surface area contributed by atoms with Crippen LogP contribution >= 0.6 is 0 Å². The lowest BCUT2D eigenvalue weighted by molar-refractivity contribution is 0.102. The van der Waals surface area contributed by atoms with Crippen molar-refractivity contribution in [3.05, 3.63) is 34.9 Å². The summed E-state index contributed by atoms with van der Waals surface area (Å²) in [4.78, 5) is 2.36. The van der Waals surface area contributed by atoms with Crippen molar-refractivity contribution < 1.29 is 5.11 Å². The summed E-state index contributed by atoms with van der Waals surface area (Å²) in [6, 6.07) is 6.55. The molecule has 1 atom stereocenters. The van der Waals surface area contributed by atoms with Gasteiger partial charge in [0.2, 0.25) is 0 Å². The maximum absolute atomic E-state index is 9.69. The summed E-state index contributed by atoms with van der Waals surface area (Å²) < 4.78 is 0. The van der Waals surface area contributed by atoms with Crippen molar-refractivity contribution in [2.45, 2.75) is 39.3 Å². The fourth-order valence-corrected chi connectivity index (χ4v) is 2.39. The molecule has 2 heteroatoms. The molecule has 2 rings (SSSR count). The predicted octanol–water partition coefficient (Wildman–Crippen LogP) is 2.12. The van der Waals surface area contributed by atoms with Crippen LogP contribution in [0.5, 0.6) is 0 Å². The zero-order valence-corrected chi connectivity index (χ0v) is 10.2. The normalized spacial score (nSPS) is 18.2. The van der Waals surface area contributed by atoms with Crippen LogP contribution in [-0.4, -0.2) is 29.2 Å². The van der Waals surface area contributed by atoms with Gasteiger partial charge < -0.3 is 5.11 Å². The van der Waals surface area contributed by atoms with E-state index in [1.54, 1.807) is 0 Å². The van der Waals surface area contributed by atoms with Gasteiger partial charge in [0, 0.05) is 19.6 Å². The lowest BCUT2D eigenvalue weighted by Gasteiger charge is -2.31. The highest BCUT2D eigenvalue weighted by Crippen LogP contribution is 2.22. The molecule has 88 valence electrons. The molecule has 1 heterocycles. The summed E-state index contributed by atoms with van der Waals surface area (Å²) in [5.41, 5.74) is 4.34. The van der Waals surface area contributed by atoms with Crippen molar-refractivity contribution >= 4 is 0 Å². The Kier molecular flexibility index (Phi) is 3.62. The average Bonchev–Trinajstić information content (AvgIpc) is 2.30. The van der Waals surface area contributed by atoms with Crippen molar-refractivity contribution in [1.29, 1.82) is 0 Å². The van der Waals surface area contributed by atoms with Crippen LogP contribution in [0.4, 0.5) is 0 Å². The highest BCUT2D eigenvalue weighted by Gasteiger charge is 2.18. The van der Waals surface area contributed by atoms with Crippen LogP contribution in [0.25, 0.3) is 0 Å². The highest BCUT2D eigenvalue weighted by molar-refractivity contribution is 5.36. The van der Waals surface area contributed by atoms with Crippen molar-refractivity contribution in [2.75, 3.05) is 13.1 Å². The molecule has 2 nitrogen and oxygen atoms in total. The van der Waals surface area contributed by atoms with Crippen LogP contribution in [0.15, 0.2) is 18.2 Å². The van der Waals surface area contributed by atoms with Crippen molar-refractivity contribution in [3.63, 3.8) is 0 Å². The van der Waals surface area contributed by atoms with Gasteiger partial charge in [0.15, 0.2) is 0 Å². The third-order valence-corrected chi connectivity index (χ3v) is 3.53. The fraction of sp³-hybridized carbons (Fsp3) is 0.571. The Balaban J connectivity index is 2.08. The summed E-state index contributed by atoms with van der Waals surface area (Å²) in [6.07, 6.45) is 1.79. The fourth-order valence-electron chi connectivity index (χ4n) is 2.39. The molecule has 0 aliphatic carbocycles. The number of hydrogen-bond donors (Lipinski definition) is 1. The van der Waals surface area contributed by atoms with Gasteiger partial charge >= 0.3 is 0 Å². The van der Waals surface area contributed by atoms with Crippen LogP contribution in [0.3, 0.4) is 0 Å². The van der Waals surface area contributed by atoms with Gasteiger partial charge in [0.25, 0.3) is 0 Å². The van der Waals surface area contributed by atoms with Gasteiger partial charge in [-0.3, -0.25) is 4.90 Å². The molecule has 0 saturated heterocycles. The molecule has 0 radical (unpaired) electrons. The van der Waals surface area contributed by atoms with E-state index in [1.165, 1.54) is 16.7 Å². The van der Waals surface area contributed by atoms with E-state index in [4.69, 9.17) is 0 Å². The summed E-state index contributed by atoms with van der Waals surface area (Å²) >= 11 is 0. The molecule has 1 aliphatic heterocycles. The topological polar surface area (TPSA) is 23.5 Å². The Hall–Kier alpha value is -0.860. The number of β-amino-alcohol motifs (C(OH)–C–C–N with tert-alkyl or cyclic N) is 1. The van der Waals surface area contributed by atoms with E-state index in [9.17, 15) is 5.11 Å². The van der Waals surface area contributed by atoms with Gasteiger partial charge in [-0.05, 0) is 36.5 Å². The Morgan fingerprint density at radius 1 is 1.44 bits per heavy atom. The highest BCUT2D eigenvalue weighted by atomic mass is 16.3. The number of nitrogens with zero attached hydrogens (tertiary/aromatic N) is 1. The van der Waals surface area contributed by atoms with Crippen LogP contribution in [0.2, 0.25) is 0 Å². The Labute approximate surface area is 97.9 Å². The van der Waals surface area contributed by atoms with Crippen LogP contribution in [-0.2, 0) is 13.0 Å². The monoisotopic (exact) mass is 219 g/mol. The second-order valence-electron chi connectivity index (χ2n) is 4.76. The molecule has 0 aromatic heterocycles. The van der Waals surface area contributed by atoms with Crippen molar-refractivity contribution in [1.82, 2.24) is 4.90 Å². The minimum atomic E-state index is -0.175. The number of aryl methyl sites for hydroxylation is 1. The molecule has 0 unspecified atom stereocenters. The van der Waals surface area contributed by atoms with Gasteiger partial charge in [0.1, 0.15) is 0 Å². The zero-order chi connectivity index (χ0) is 11.5. The number of rotatable bonds is 3. The first-order chi connectivity index (χ1) is 7.70. The standard InChI is InChI=1S/C14H21NO/c1-3-13(16)9-15-8-7-12-6-4-5-11(2)14(12)10-15/h4-6,13,16H,3,7-10H2,1-2H3/t13-/m0/s1. The van der Waals surface area contributed by atoms with Gasteiger partial charge in [-0.1, -0.05) is 25.1 Å². The maximum Gasteiger partial charge on any atom is 0.0664 e. The van der Waals surface area contributed by atoms with Crippen molar-refractivity contribution in [2.24, 2.45) is 0 Å². The van der Waals surface area contributed by atoms with Gasteiger partial charge in [-0.2, -0.15) is 0 Å². The third kappa shape index (κ3) is 2.45. The van der Waals surface area contributed by atoms with Gasteiger partial charge in [0.05, 0.1) is 6.10 Å². The SMILES string of the molecule is CC[C@H](O)CN1CCc2cccc(C)c2C1. The van der Waals surface area contributed by atoms with Crippen molar-refractivity contribution in [3.8, 4) is 0 Å². The zero-order valence-electron chi connectivity index (χ0n) is 10.2. The van der Waals surface area contributed by atoms with E-state index in [2.05, 4.69) is 30.0 Å². The van der Waals surface area contributed by atoms with Gasteiger partial charge in [-0.25, -0.2) is 0 Å². The summed E-state index contributed by atoms with van der Waals surface area (Å²) in [6.45, 7) is 7.10. The third-order valence-electron chi connectivity index (χ3n) is 3.53. The quantitative estimate of drug-likeness (QED) is 0.841. The number of aliphatic hydroxyl groups is 1. The first-order valence-corrected chi connectivity index (χ1v) is 6.18. The molecule has 0 spiro atoms. The number of hydrogen-bond acceptors (Lipinski definition) is 2. The Morgan fingerprint density at radius 2 is 2.25 bits per heavy atom. The molecular weight excluding hydrogens is 198 g/mol. The lowest BCUT2D eigenvalue weighted by Crippen LogP contribution is -2.36. The van der Waals surface area contributed by atoms with E-state index in [-0.39, 0.29) is 6.10 Å². The average molecular weight is 219 g/mol. The number of benzene rings is 1. The molecule has 0 bridgehead atoms. The maximum atomic E-state index is 9.69. The first kappa shape index (κ1) is 11.6. The Morgan fingerprint density at radius 3 is 3.00 bits per heavy atom. The summed E-state index contributed by atoms with van der Waals surface area (Å²) in [7, 11) is 0. The second-order valence-corrected chi connectivity index (χ2v) is 4.76. The molecule has 0 fully saturated rings. The lowest BCUT2D eigenvalue weighted by atomic mass is 9.95. The van der Waals surface area contributed by atoms with E-state index >= 15 is 0 Å². The van der Waals surface area contributed by atoms with Crippen LogP contribution in [0.1, 0.15) is 30.0 Å². The summed E-state index contributed by atoms with van der Waals surface area (Å²) in [5.74, 6) is 0. The first-order valence-electron chi connectivity index (χ1n) is 6.18. The minimum Gasteiger partial charge on any atom is -0.392 e.